The van der Waals surface area contributed by atoms with Crippen LogP contribution in [-0.4, -0.2) is 26.4 Å². The second-order valence-electron chi connectivity index (χ2n) is 6.48. The van der Waals surface area contributed by atoms with Crippen LogP contribution in [0, 0.1) is 0 Å². The first-order valence-corrected chi connectivity index (χ1v) is 11.5. The van der Waals surface area contributed by atoms with E-state index in [4.69, 9.17) is 4.74 Å². The van der Waals surface area contributed by atoms with E-state index in [0.29, 0.717) is 6.61 Å². The Bertz CT molecular complexity index is 389. The zero-order valence-corrected chi connectivity index (χ0v) is 15.2. The van der Waals surface area contributed by atoms with Gasteiger partial charge in [0, 0.05) is 13.6 Å². The van der Waals surface area contributed by atoms with Crippen molar-refractivity contribution in [2.24, 2.45) is 0 Å². The Labute approximate surface area is 130 Å². The largest absolute Gasteiger partial charge is 0.463 e. The molecule has 0 rings (SSSR count). The molecule has 0 fully saturated rings. The van der Waals surface area contributed by atoms with Gasteiger partial charge in [-0.15, -0.1) is 0 Å². The Kier molecular flexibility index (Phi) is 9.96. The molecule has 0 aliphatic carbocycles. The van der Waals surface area contributed by atoms with Crippen molar-refractivity contribution in [1.82, 2.24) is 0 Å². The predicted octanol–water partition coefficient (Wildman–Crippen LogP) is 4.52. The van der Waals surface area contributed by atoms with Gasteiger partial charge >= 0.3 is 5.97 Å². The van der Waals surface area contributed by atoms with Crippen LogP contribution in [0.2, 0.25) is 25.7 Å². The van der Waals surface area contributed by atoms with Crippen molar-refractivity contribution < 1.29 is 14.3 Å². The summed E-state index contributed by atoms with van der Waals surface area (Å²) in [6.45, 7) is 10.6. The molecule has 0 N–H and O–H groups in total. The van der Waals surface area contributed by atoms with Gasteiger partial charge in [-0.2, -0.15) is 0 Å². The molecular formula is C17H30O3Si. The molecule has 0 atom stereocenters. The molecular weight excluding hydrogens is 280 g/mol. The number of ether oxygens (including phenoxy) is 1. The van der Waals surface area contributed by atoms with E-state index in [1.807, 2.05) is 19.1 Å². The van der Waals surface area contributed by atoms with Crippen molar-refractivity contribution in [3.63, 3.8) is 0 Å². The summed E-state index contributed by atoms with van der Waals surface area (Å²) < 4.78 is 5.14. The number of esters is 1. The standard InChI is InChI=1S/C17H30O3Si/c1-6-20-17(19)16(14-21(3,4)5)13-11-9-7-8-10-12-15(2)18/h10,12-13H,6-9,11,14H2,1-5H3/b12-10+,16-13+. The van der Waals surface area contributed by atoms with Crippen molar-refractivity contribution in [1.29, 1.82) is 0 Å². The molecule has 0 aliphatic heterocycles. The minimum Gasteiger partial charge on any atom is -0.463 e. The fourth-order valence-corrected chi connectivity index (χ4v) is 3.39. The Hall–Kier alpha value is -1.16. The van der Waals surface area contributed by atoms with Crippen LogP contribution in [-0.2, 0) is 14.3 Å². The van der Waals surface area contributed by atoms with Crippen molar-refractivity contribution >= 4 is 19.8 Å². The number of rotatable bonds is 10. The lowest BCUT2D eigenvalue weighted by molar-refractivity contribution is -0.138. The number of carbonyl (C=O) groups excluding carboxylic acids is 2. The van der Waals surface area contributed by atoms with Crippen LogP contribution in [0.25, 0.3) is 0 Å². The summed E-state index contributed by atoms with van der Waals surface area (Å²) in [4.78, 5) is 22.7. The normalized spacial score (nSPS) is 12.7. The van der Waals surface area contributed by atoms with Crippen LogP contribution < -0.4 is 0 Å². The van der Waals surface area contributed by atoms with E-state index in [2.05, 4.69) is 19.6 Å². The van der Waals surface area contributed by atoms with Gasteiger partial charge in [0.25, 0.3) is 0 Å². The van der Waals surface area contributed by atoms with Crippen molar-refractivity contribution in [3.05, 3.63) is 23.8 Å². The summed E-state index contributed by atoms with van der Waals surface area (Å²) in [5.41, 5.74) is 0.843. The lowest BCUT2D eigenvalue weighted by Gasteiger charge is -2.17. The molecule has 0 radical (unpaired) electrons. The highest BCUT2D eigenvalue weighted by Gasteiger charge is 2.20. The average Bonchev–Trinajstić information content (AvgIpc) is 2.34. The van der Waals surface area contributed by atoms with Crippen LogP contribution >= 0.6 is 0 Å². The number of unbranched alkanes of at least 4 members (excludes halogenated alkanes) is 3. The minimum atomic E-state index is -1.32. The van der Waals surface area contributed by atoms with Gasteiger partial charge in [0.15, 0.2) is 5.78 Å². The number of hydrogen-bond acceptors (Lipinski definition) is 3. The molecule has 0 spiro atoms. The van der Waals surface area contributed by atoms with Crippen molar-refractivity contribution in [3.8, 4) is 0 Å². The molecule has 3 nitrogen and oxygen atoms in total. The molecule has 0 heterocycles. The highest BCUT2D eigenvalue weighted by molar-refractivity contribution is 6.77. The molecule has 0 aliphatic rings. The maximum Gasteiger partial charge on any atom is 0.333 e. The van der Waals surface area contributed by atoms with E-state index in [1.165, 1.54) is 0 Å². The van der Waals surface area contributed by atoms with Gasteiger partial charge in [0.1, 0.15) is 0 Å². The Balaban J connectivity index is 4.30. The van der Waals surface area contributed by atoms with Gasteiger partial charge in [0.05, 0.1) is 6.61 Å². The van der Waals surface area contributed by atoms with Gasteiger partial charge in [-0.1, -0.05) is 31.8 Å². The molecule has 0 bridgehead atoms. The highest BCUT2D eigenvalue weighted by atomic mass is 28.3. The summed E-state index contributed by atoms with van der Waals surface area (Å²) in [5.74, 6) is -0.0639. The van der Waals surface area contributed by atoms with E-state index in [9.17, 15) is 9.59 Å². The summed E-state index contributed by atoms with van der Waals surface area (Å²) in [6, 6.07) is 0.871. The molecule has 0 aromatic carbocycles. The summed E-state index contributed by atoms with van der Waals surface area (Å²) in [6.07, 6.45) is 9.44. The second-order valence-corrected chi connectivity index (χ2v) is 12.0. The second kappa shape index (κ2) is 10.5. The van der Waals surface area contributed by atoms with E-state index >= 15 is 0 Å². The molecule has 0 amide bonds. The van der Waals surface area contributed by atoms with Crippen LogP contribution in [0.15, 0.2) is 23.8 Å². The first-order chi connectivity index (χ1) is 9.76. The van der Waals surface area contributed by atoms with Gasteiger partial charge in [-0.05, 0) is 51.7 Å². The molecule has 0 aromatic heterocycles. The first kappa shape index (κ1) is 19.8. The van der Waals surface area contributed by atoms with Crippen molar-refractivity contribution in [2.75, 3.05) is 6.61 Å². The van der Waals surface area contributed by atoms with Crippen LogP contribution in [0.5, 0.6) is 0 Å². The number of allylic oxidation sites excluding steroid dienone is 3. The van der Waals surface area contributed by atoms with Gasteiger partial charge < -0.3 is 4.74 Å². The quantitative estimate of drug-likeness (QED) is 0.258. The Morgan fingerprint density at radius 2 is 1.71 bits per heavy atom. The summed E-state index contributed by atoms with van der Waals surface area (Å²) >= 11 is 0. The third-order valence-electron chi connectivity index (χ3n) is 2.83. The lowest BCUT2D eigenvalue weighted by atomic mass is 10.1. The lowest BCUT2D eigenvalue weighted by Crippen LogP contribution is -2.23. The predicted molar refractivity (Wildman–Crippen MR) is 91.2 cm³/mol. The molecule has 120 valence electrons. The zero-order valence-electron chi connectivity index (χ0n) is 14.2. The fraction of sp³-hybridized carbons (Fsp3) is 0.647. The van der Waals surface area contributed by atoms with Crippen LogP contribution in [0.3, 0.4) is 0 Å². The number of ketones is 1. The van der Waals surface area contributed by atoms with E-state index in [-0.39, 0.29) is 11.8 Å². The van der Waals surface area contributed by atoms with Gasteiger partial charge in [-0.3, -0.25) is 4.79 Å². The Morgan fingerprint density at radius 1 is 1.10 bits per heavy atom. The van der Waals surface area contributed by atoms with Crippen LogP contribution in [0.4, 0.5) is 0 Å². The van der Waals surface area contributed by atoms with E-state index in [0.717, 1.165) is 37.3 Å². The minimum absolute atomic E-state index is 0.0922. The summed E-state index contributed by atoms with van der Waals surface area (Å²) in [7, 11) is -1.32. The van der Waals surface area contributed by atoms with E-state index < -0.39 is 8.07 Å². The Morgan fingerprint density at radius 3 is 2.24 bits per heavy atom. The topological polar surface area (TPSA) is 43.4 Å². The molecule has 0 unspecified atom stereocenters. The fourth-order valence-electron chi connectivity index (χ4n) is 1.95. The van der Waals surface area contributed by atoms with E-state index in [1.54, 1.807) is 13.0 Å². The van der Waals surface area contributed by atoms with Crippen LogP contribution in [0.1, 0.15) is 39.5 Å². The molecule has 0 saturated heterocycles. The van der Waals surface area contributed by atoms with Gasteiger partial charge in [-0.25, -0.2) is 4.79 Å². The average molecular weight is 311 g/mol. The zero-order chi connectivity index (χ0) is 16.3. The maximum atomic E-state index is 11.9. The first-order valence-electron chi connectivity index (χ1n) is 7.79. The third-order valence-corrected chi connectivity index (χ3v) is 4.27. The molecule has 0 saturated carbocycles. The number of carbonyl (C=O) groups is 2. The maximum absolute atomic E-state index is 11.9. The monoisotopic (exact) mass is 310 g/mol. The van der Waals surface area contributed by atoms with Gasteiger partial charge in [0.2, 0.25) is 0 Å². The third kappa shape index (κ3) is 12.3. The SMILES string of the molecule is CCOC(=O)/C(=C/CCCC/C=C/C(C)=O)C[Si](C)(C)C. The molecule has 0 aromatic rings. The smallest absolute Gasteiger partial charge is 0.333 e. The van der Waals surface area contributed by atoms with Crippen molar-refractivity contribution in [2.45, 2.75) is 65.2 Å². The highest BCUT2D eigenvalue weighted by Crippen LogP contribution is 2.19. The number of hydrogen-bond donors (Lipinski definition) is 0. The molecule has 21 heavy (non-hydrogen) atoms. The molecule has 4 heteroatoms. The summed E-state index contributed by atoms with van der Waals surface area (Å²) in [5, 5.41) is 0.